The fraction of sp³-hybridized carbons (Fsp3) is 0.250. The van der Waals surface area contributed by atoms with Crippen LogP contribution in [-0.2, 0) is 33.0 Å². The summed E-state index contributed by atoms with van der Waals surface area (Å²) in [4.78, 5) is 40.5. The minimum absolute atomic E-state index is 0.0473. The average molecular weight is 563 g/mol. The summed E-state index contributed by atoms with van der Waals surface area (Å²) in [6, 6.07) is 35.3. The molecule has 6 nitrogen and oxygen atoms in total. The number of ketones is 1. The van der Waals surface area contributed by atoms with E-state index < -0.39 is 11.6 Å². The molecule has 3 N–H and O–H groups in total. The molecule has 0 saturated heterocycles. The lowest BCUT2D eigenvalue weighted by molar-refractivity contribution is -0.132. The number of aliphatic hydroxyl groups excluding tert-OH is 1. The average Bonchev–Trinajstić information content (AvgIpc) is 3.04. The van der Waals surface area contributed by atoms with Gasteiger partial charge in [0.15, 0.2) is 5.78 Å². The zero-order chi connectivity index (χ0) is 30.0. The number of amides is 2. The molecule has 0 bridgehead atoms. The number of carbonyl (C=O) groups excluding carboxylic acids is 3. The summed E-state index contributed by atoms with van der Waals surface area (Å²) in [6.07, 6.45) is 0.441. The summed E-state index contributed by atoms with van der Waals surface area (Å²) in [5, 5.41) is 15.5. The van der Waals surface area contributed by atoms with Gasteiger partial charge in [0, 0.05) is 12.3 Å². The van der Waals surface area contributed by atoms with E-state index in [0.29, 0.717) is 6.42 Å². The molecule has 0 fully saturated rings. The van der Waals surface area contributed by atoms with Crippen molar-refractivity contribution < 1.29 is 19.5 Å². The standard InChI is InChI=1S/C36H38N2O4/c1-3-26(2)35(42)37-32(33(40)23-27-19-21-28(25-39)22-20-27)24-34(41)38-36(29-13-7-4-8-14-29,30-15-9-5-10-16-30)31-17-11-6-12-18-31/h4-22,26,32,39H,3,23-25H2,1-2H3,(H,37,42)(H,38,41). The lowest BCUT2D eigenvalue weighted by Crippen LogP contribution is -2.51. The Balaban J connectivity index is 1.69. The van der Waals surface area contributed by atoms with Gasteiger partial charge in [-0.05, 0) is 34.2 Å². The first-order valence-corrected chi connectivity index (χ1v) is 14.4. The smallest absolute Gasteiger partial charge is 0.223 e. The molecule has 0 aliphatic rings. The van der Waals surface area contributed by atoms with Gasteiger partial charge in [-0.2, -0.15) is 0 Å². The van der Waals surface area contributed by atoms with E-state index in [0.717, 1.165) is 27.8 Å². The monoisotopic (exact) mass is 562 g/mol. The first-order valence-electron chi connectivity index (χ1n) is 14.4. The zero-order valence-electron chi connectivity index (χ0n) is 24.1. The molecular weight excluding hydrogens is 524 g/mol. The third-order valence-electron chi connectivity index (χ3n) is 7.69. The molecule has 216 valence electrons. The Kier molecular flexibility index (Phi) is 10.4. The molecule has 2 atom stereocenters. The van der Waals surface area contributed by atoms with Gasteiger partial charge in [-0.3, -0.25) is 14.4 Å². The van der Waals surface area contributed by atoms with Gasteiger partial charge in [0.05, 0.1) is 19.1 Å². The van der Waals surface area contributed by atoms with Crippen molar-refractivity contribution in [2.75, 3.05) is 0 Å². The quantitative estimate of drug-likeness (QED) is 0.192. The highest BCUT2D eigenvalue weighted by atomic mass is 16.3. The second-order valence-electron chi connectivity index (χ2n) is 10.6. The maximum atomic E-state index is 14.0. The molecule has 2 unspecified atom stereocenters. The third-order valence-corrected chi connectivity index (χ3v) is 7.69. The molecule has 0 radical (unpaired) electrons. The van der Waals surface area contributed by atoms with Gasteiger partial charge in [-0.15, -0.1) is 0 Å². The molecule has 2 amide bonds. The topological polar surface area (TPSA) is 95.5 Å². The molecule has 4 aromatic carbocycles. The van der Waals surface area contributed by atoms with E-state index in [-0.39, 0.29) is 43.0 Å². The van der Waals surface area contributed by atoms with Gasteiger partial charge in [0.25, 0.3) is 0 Å². The number of nitrogens with one attached hydrogen (secondary N) is 2. The highest BCUT2D eigenvalue weighted by Gasteiger charge is 2.38. The number of hydrogen-bond donors (Lipinski definition) is 3. The van der Waals surface area contributed by atoms with Crippen LogP contribution in [0.1, 0.15) is 54.5 Å². The Hall–Kier alpha value is -4.55. The van der Waals surface area contributed by atoms with E-state index in [1.54, 1.807) is 31.2 Å². The van der Waals surface area contributed by atoms with Crippen LogP contribution in [0.2, 0.25) is 0 Å². The van der Waals surface area contributed by atoms with Crippen LogP contribution in [0.3, 0.4) is 0 Å². The molecule has 0 saturated carbocycles. The maximum Gasteiger partial charge on any atom is 0.223 e. The van der Waals surface area contributed by atoms with Crippen molar-refractivity contribution in [2.45, 2.75) is 51.3 Å². The molecule has 0 aliphatic heterocycles. The summed E-state index contributed by atoms with van der Waals surface area (Å²) in [7, 11) is 0. The predicted molar refractivity (Wildman–Crippen MR) is 164 cm³/mol. The second-order valence-corrected chi connectivity index (χ2v) is 10.6. The first-order chi connectivity index (χ1) is 20.4. The van der Waals surface area contributed by atoms with Gasteiger partial charge < -0.3 is 15.7 Å². The normalized spacial score (nSPS) is 12.6. The van der Waals surface area contributed by atoms with E-state index in [4.69, 9.17) is 0 Å². The Morgan fingerprint density at radius 3 is 1.60 bits per heavy atom. The minimum atomic E-state index is -1.03. The fourth-order valence-electron chi connectivity index (χ4n) is 5.06. The number of benzene rings is 4. The Morgan fingerprint density at radius 1 is 0.714 bits per heavy atom. The van der Waals surface area contributed by atoms with Crippen molar-refractivity contribution in [3.8, 4) is 0 Å². The summed E-state index contributed by atoms with van der Waals surface area (Å²) in [5.74, 6) is -1.20. The van der Waals surface area contributed by atoms with Crippen LogP contribution in [0.4, 0.5) is 0 Å². The Morgan fingerprint density at radius 2 is 1.17 bits per heavy atom. The summed E-state index contributed by atoms with van der Waals surface area (Å²) >= 11 is 0. The van der Waals surface area contributed by atoms with E-state index in [2.05, 4.69) is 10.6 Å². The van der Waals surface area contributed by atoms with Crippen LogP contribution in [0, 0.1) is 5.92 Å². The summed E-state index contributed by atoms with van der Waals surface area (Å²) in [6.45, 7) is 3.62. The van der Waals surface area contributed by atoms with E-state index in [9.17, 15) is 19.5 Å². The van der Waals surface area contributed by atoms with Gasteiger partial charge in [-0.25, -0.2) is 0 Å². The number of Topliss-reactive ketones (excluding diaryl/α,β-unsaturated/α-hetero) is 1. The molecule has 4 aromatic rings. The van der Waals surface area contributed by atoms with E-state index in [1.807, 2.05) is 97.9 Å². The maximum absolute atomic E-state index is 14.0. The van der Waals surface area contributed by atoms with E-state index in [1.165, 1.54) is 0 Å². The number of carbonyl (C=O) groups is 3. The van der Waals surface area contributed by atoms with Crippen LogP contribution in [-0.4, -0.2) is 28.7 Å². The lowest BCUT2D eigenvalue weighted by atomic mass is 9.76. The summed E-state index contributed by atoms with van der Waals surface area (Å²) in [5.41, 5.74) is 3.05. The van der Waals surface area contributed by atoms with Crippen molar-refractivity contribution in [1.29, 1.82) is 0 Å². The van der Waals surface area contributed by atoms with E-state index >= 15 is 0 Å². The molecule has 0 heterocycles. The van der Waals surface area contributed by atoms with Gasteiger partial charge in [0.1, 0.15) is 5.54 Å². The highest BCUT2D eigenvalue weighted by Crippen LogP contribution is 2.37. The second kappa shape index (κ2) is 14.4. The Labute approximate surface area is 247 Å². The van der Waals surface area contributed by atoms with Crippen LogP contribution >= 0.6 is 0 Å². The van der Waals surface area contributed by atoms with Crippen molar-refractivity contribution in [3.63, 3.8) is 0 Å². The van der Waals surface area contributed by atoms with Crippen molar-refractivity contribution >= 4 is 17.6 Å². The molecule has 0 aromatic heterocycles. The number of hydrogen-bond acceptors (Lipinski definition) is 4. The zero-order valence-corrected chi connectivity index (χ0v) is 24.1. The number of aliphatic hydroxyl groups is 1. The lowest BCUT2D eigenvalue weighted by Gasteiger charge is -2.37. The van der Waals surface area contributed by atoms with Crippen LogP contribution in [0.5, 0.6) is 0 Å². The van der Waals surface area contributed by atoms with Gasteiger partial charge >= 0.3 is 0 Å². The van der Waals surface area contributed by atoms with Crippen molar-refractivity contribution in [1.82, 2.24) is 10.6 Å². The molecule has 0 spiro atoms. The molecule has 4 rings (SSSR count). The van der Waals surface area contributed by atoms with Crippen LogP contribution < -0.4 is 10.6 Å². The van der Waals surface area contributed by atoms with Crippen molar-refractivity contribution in [2.24, 2.45) is 5.92 Å². The molecule has 42 heavy (non-hydrogen) atoms. The molecule has 0 aliphatic carbocycles. The highest BCUT2D eigenvalue weighted by molar-refractivity contribution is 5.95. The fourth-order valence-corrected chi connectivity index (χ4v) is 5.06. The van der Waals surface area contributed by atoms with Crippen LogP contribution in [0.25, 0.3) is 0 Å². The third kappa shape index (κ3) is 7.20. The summed E-state index contributed by atoms with van der Waals surface area (Å²) < 4.78 is 0. The minimum Gasteiger partial charge on any atom is -0.392 e. The number of rotatable bonds is 13. The molecule has 6 heteroatoms. The van der Waals surface area contributed by atoms with Crippen LogP contribution in [0.15, 0.2) is 115 Å². The molecular formula is C36H38N2O4. The first kappa shape index (κ1) is 30.4. The van der Waals surface area contributed by atoms with Gasteiger partial charge in [-0.1, -0.05) is 129 Å². The SMILES string of the molecule is CCC(C)C(=O)NC(CC(=O)NC(c1ccccc1)(c1ccccc1)c1ccccc1)C(=O)Cc1ccc(CO)cc1. The Bertz CT molecular complexity index is 1360. The van der Waals surface area contributed by atoms with Crippen molar-refractivity contribution in [3.05, 3.63) is 143 Å². The largest absolute Gasteiger partial charge is 0.392 e. The predicted octanol–water partition coefficient (Wildman–Crippen LogP) is 5.32. The van der Waals surface area contributed by atoms with Gasteiger partial charge in [0.2, 0.25) is 11.8 Å².